The van der Waals surface area contributed by atoms with Gasteiger partial charge in [-0.25, -0.2) is 0 Å². The number of nitrogens with zero attached hydrogens (tertiary/aromatic N) is 2. The first-order valence-corrected chi connectivity index (χ1v) is 14.0. The highest BCUT2D eigenvalue weighted by molar-refractivity contribution is 7.87. The zero-order valence-corrected chi connectivity index (χ0v) is 23.7. The van der Waals surface area contributed by atoms with Gasteiger partial charge in [-0.05, 0) is 70.8 Å². The van der Waals surface area contributed by atoms with Crippen LogP contribution in [-0.2, 0) is 19.7 Å². The van der Waals surface area contributed by atoms with Crippen LogP contribution in [0.5, 0.6) is 28.7 Å². The van der Waals surface area contributed by atoms with Crippen molar-refractivity contribution in [1.82, 2.24) is 0 Å². The van der Waals surface area contributed by atoms with Gasteiger partial charge in [-0.1, -0.05) is 36.4 Å². The number of hydrogen-bond donors (Lipinski definition) is 1. The minimum atomic E-state index is -4.44. The molecule has 1 N–H and O–H groups in total. The second-order valence-corrected chi connectivity index (χ2v) is 10.5. The molecule has 0 aliphatic heterocycles. The lowest BCUT2D eigenvalue weighted by molar-refractivity contribution is -0.264. The molecule has 0 spiro atoms. The summed E-state index contributed by atoms with van der Waals surface area (Å²) in [5.41, 5.74) is 0.836. The summed E-state index contributed by atoms with van der Waals surface area (Å²) < 4.78 is 42.0. The van der Waals surface area contributed by atoms with E-state index in [-0.39, 0.29) is 50.8 Å². The standard InChI is InChI=1S/C31H24N2O9S/c1-40-28-16-19(8-14-26(28)36)6-10-21(34)18-22(35)11-7-20-9-15-27(29(17-20)41-2)42-43(38,39)30-5-3-4-24-23(30)12-13-25(33-32)31(24)37/h3-17H,18H2,1-2H3,(H-,34,36,37). The zero-order chi connectivity index (χ0) is 31.1. The summed E-state index contributed by atoms with van der Waals surface area (Å²) in [6.07, 6.45) is 5.02. The molecular weight excluding hydrogens is 576 g/mol. The van der Waals surface area contributed by atoms with E-state index in [9.17, 15) is 28.2 Å². The number of fused-ring (bicyclic) bond motifs is 1. The van der Waals surface area contributed by atoms with Gasteiger partial charge in [-0.2, -0.15) is 8.42 Å². The normalized spacial score (nSPS) is 11.5. The smallest absolute Gasteiger partial charge is 0.378 e. The van der Waals surface area contributed by atoms with Crippen molar-refractivity contribution in [3.05, 3.63) is 95.0 Å². The minimum absolute atomic E-state index is 0.0339. The van der Waals surface area contributed by atoms with E-state index < -0.39 is 27.4 Å². The van der Waals surface area contributed by atoms with Gasteiger partial charge in [0.2, 0.25) is 5.39 Å². The Labute approximate surface area is 246 Å². The lowest BCUT2D eigenvalue weighted by atomic mass is 10.1. The molecule has 0 amide bonds. The molecule has 0 aliphatic carbocycles. The Balaban J connectivity index is 1.46. The van der Waals surface area contributed by atoms with Gasteiger partial charge < -0.3 is 23.9 Å². The average Bonchev–Trinajstić information content (AvgIpc) is 3.00. The molecule has 0 atom stereocenters. The van der Waals surface area contributed by atoms with Crippen LogP contribution in [0.4, 0.5) is 5.69 Å². The van der Waals surface area contributed by atoms with Crippen molar-refractivity contribution in [3.8, 4) is 28.7 Å². The quantitative estimate of drug-likeness (QED) is 0.105. The summed E-state index contributed by atoms with van der Waals surface area (Å²) in [6, 6.07) is 15.4. The molecule has 0 radical (unpaired) electrons. The Morgan fingerprint density at radius 2 is 1.49 bits per heavy atom. The fourth-order valence-corrected chi connectivity index (χ4v) is 5.23. The Hall–Kier alpha value is -5.67. The van der Waals surface area contributed by atoms with Crippen molar-refractivity contribution >= 4 is 50.3 Å². The molecule has 0 aromatic heterocycles. The van der Waals surface area contributed by atoms with E-state index >= 15 is 0 Å². The molecule has 0 aliphatic rings. The van der Waals surface area contributed by atoms with Crippen molar-refractivity contribution in [3.63, 3.8) is 0 Å². The number of benzene rings is 4. The highest BCUT2D eigenvalue weighted by Crippen LogP contribution is 2.37. The molecule has 11 nitrogen and oxygen atoms in total. The van der Waals surface area contributed by atoms with Crippen LogP contribution >= 0.6 is 0 Å². The molecule has 218 valence electrons. The van der Waals surface area contributed by atoms with Crippen molar-refractivity contribution in [1.29, 1.82) is 5.39 Å². The van der Waals surface area contributed by atoms with E-state index in [1.165, 1.54) is 93.1 Å². The van der Waals surface area contributed by atoms with Crippen molar-refractivity contribution < 1.29 is 41.9 Å². The third-order valence-electron chi connectivity index (χ3n) is 6.19. The van der Waals surface area contributed by atoms with Crippen LogP contribution in [-0.4, -0.2) is 39.3 Å². The largest absolute Gasteiger partial charge is 0.867 e. The average molecular weight is 601 g/mol. The van der Waals surface area contributed by atoms with Crippen LogP contribution in [0, 0.1) is 5.39 Å². The second kappa shape index (κ2) is 12.9. The third-order valence-corrected chi connectivity index (χ3v) is 7.48. The first-order valence-electron chi connectivity index (χ1n) is 12.6. The summed E-state index contributed by atoms with van der Waals surface area (Å²) in [4.78, 5) is 27.2. The minimum Gasteiger partial charge on any atom is -0.867 e. The summed E-state index contributed by atoms with van der Waals surface area (Å²) in [6.45, 7) is 0. The van der Waals surface area contributed by atoms with Crippen LogP contribution in [0.25, 0.3) is 27.9 Å². The fourth-order valence-electron chi connectivity index (χ4n) is 4.07. The van der Waals surface area contributed by atoms with Gasteiger partial charge in [-0.15, -0.1) is 0 Å². The topological polar surface area (TPSA) is 167 Å². The van der Waals surface area contributed by atoms with E-state index in [0.29, 0.717) is 11.1 Å². The Morgan fingerprint density at radius 1 is 0.860 bits per heavy atom. The lowest BCUT2D eigenvalue weighted by Gasteiger charge is -2.14. The Kier molecular flexibility index (Phi) is 9.08. The number of carbonyl (C=O) groups is 2. The van der Waals surface area contributed by atoms with Gasteiger partial charge in [0.1, 0.15) is 4.90 Å². The maximum absolute atomic E-state index is 13.2. The van der Waals surface area contributed by atoms with E-state index in [1.54, 1.807) is 12.1 Å². The van der Waals surface area contributed by atoms with Crippen LogP contribution in [0.15, 0.2) is 83.8 Å². The first-order chi connectivity index (χ1) is 20.6. The van der Waals surface area contributed by atoms with Gasteiger partial charge in [0.05, 0.1) is 20.6 Å². The molecular formula is C31H24N2O9S. The van der Waals surface area contributed by atoms with E-state index in [4.69, 9.17) is 19.0 Å². The van der Waals surface area contributed by atoms with Gasteiger partial charge in [0.25, 0.3) is 0 Å². The molecule has 0 saturated heterocycles. The van der Waals surface area contributed by atoms with Crippen molar-refractivity contribution in [2.45, 2.75) is 11.3 Å². The summed E-state index contributed by atoms with van der Waals surface area (Å²) in [5, 5.41) is 31.2. The maximum Gasteiger partial charge on any atom is 0.378 e. The number of hydrogen-bond acceptors (Lipinski definition) is 10. The number of ether oxygens (including phenoxy) is 2. The first kappa shape index (κ1) is 30.3. The number of methoxy groups -OCH3 is 2. The fraction of sp³-hybridized carbons (Fsp3) is 0.0968. The molecule has 0 fully saturated rings. The summed E-state index contributed by atoms with van der Waals surface area (Å²) >= 11 is 0. The van der Waals surface area contributed by atoms with Crippen LogP contribution in [0.2, 0.25) is 0 Å². The molecule has 4 rings (SSSR count). The summed E-state index contributed by atoms with van der Waals surface area (Å²) in [5.74, 6) is -1.43. The predicted molar refractivity (Wildman–Crippen MR) is 156 cm³/mol. The third kappa shape index (κ3) is 6.98. The van der Waals surface area contributed by atoms with Gasteiger partial charge >= 0.3 is 15.8 Å². The number of phenolic OH excluding ortho intramolecular Hbond substituents is 1. The number of allylic oxidation sites excluding steroid dienone is 2. The monoisotopic (exact) mass is 600 g/mol. The zero-order valence-electron chi connectivity index (χ0n) is 22.9. The molecule has 4 aromatic carbocycles. The Morgan fingerprint density at radius 3 is 2.12 bits per heavy atom. The molecule has 0 bridgehead atoms. The second-order valence-electron chi connectivity index (χ2n) is 9.02. The molecule has 43 heavy (non-hydrogen) atoms. The Bertz CT molecular complexity index is 1940. The molecule has 0 unspecified atom stereocenters. The van der Waals surface area contributed by atoms with Gasteiger partial charge in [0.15, 0.2) is 39.5 Å². The molecule has 0 saturated carbocycles. The molecule has 12 heteroatoms. The number of phenols is 1. The number of diazo groups is 1. The number of aromatic hydroxyl groups is 1. The van der Waals surface area contributed by atoms with Crippen LogP contribution in [0.3, 0.4) is 0 Å². The SMILES string of the molecule is COc1cc(C=CC(=O)CC(=O)C=Cc2ccc(OS(=O)(=O)c3cccc4c([O-])c([N+]#N)ccc34)c(OC)c2)ccc1O. The van der Waals surface area contributed by atoms with Gasteiger partial charge in [0, 0.05) is 11.5 Å². The van der Waals surface area contributed by atoms with E-state index in [0.717, 1.165) is 0 Å². The summed E-state index contributed by atoms with van der Waals surface area (Å²) in [7, 11) is -1.73. The highest BCUT2D eigenvalue weighted by Gasteiger charge is 2.23. The van der Waals surface area contributed by atoms with Crippen molar-refractivity contribution in [2.75, 3.05) is 14.2 Å². The number of ketones is 2. The molecule has 0 heterocycles. The van der Waals surface area contributed by atoms with Crippen LogP contribution < -0.4 is 18.8 Å². The predicted octanol–water partition coefficient (Wildman–Crippen LogP) is 5.14. The number of carbonyl (C=O) groups excluding carboxylic acids is 2. The van der Waals surface area contributed by atoms with Crippen molar-refractivity contribution in [2.24, 2.45) is 0 Å². The maximum atomic E-state index is 13.2. The lowest BCUT2D eigenvalue weighted by Crippen LogP contribution is -2.11. The highest BCUT2D eigenvalue weighted by atomic mass is 32.2. The number of rotatable bonds is 11. The molecule has 4 aromatic rings. The van der Waals surface area contributed by atoms with E-state index in [1.807, 2.05) is 0 Å². The van der Waals surface area contributed by atoms with Crippen LogP contribution in [0.1, 0.15) is 17.5 Å². The van der Waals surface area contributed by atoms with E-state index in [2.05, 4.69) is 4.98 Å². The van der Waals surface area contributed by atoms with Gasteiger partial charge in [-0.3, -0.25) is 9.59 Å².